The van der Waals surface area contributed by atoms with Gasteiger partial charge in [0.1, 0.15) is 34.5 Å². The lowest BCUT2D eigenvalue weighted by atomic mass is 10.1. The minimum Gasteiger partial charge on any atom is -0.494 e. The van der Waals surface area contributed by atoms with E-state index in [0.29, 0.717) is 26.4 Å². The quantitative estimate of drug-likeness (QED) is 0.0566. The molecule has 6 rings (SSSR count). The predicted octanol–water partition coefficient (Wildman–Crippen LogP) is 15.1. The van der Waals surface area contributed by atoms with E-state index in [-0.39, 0.29) is 0 Å². The van der Waals surface area contributed by atoms with Gasteiger partial charge in [-0.1, -0.05) is 53.4 Å². The third kappa shape index (κ3) is 12.5. The van der Waals surface area contributed by atoms with Crippen LogP contribution in [0.1, 0.15) is 79.1 Å². The number of hydrogen-bond donors (Lipinski definition) is 0. The summed E-state index contributed by atoms with van der Waals surface area (Å²) in [5.41, 5.74) is 6.12. The summed E-state index contributed by atoms with van der Waals surface area (Å²) in [6.07, 6.45) is 8.53. The Morgan fingerprint density at radius 3 is 0.644 bits per heavy atom. The fourth-order valence-electron chi connectivity index (χ4n) is 6.46. The average molecular weight is 793 g/mol. The van der Waals surface area contributed by atoms with E-state index in [0.717, 1.165) is 120 Å². The van der Waals surface area contributed by atoms with E-state index < -0.39 is 0 Å². The van der Waals surface area contributed by atoms with Crippen molar-refractivity contribution >= 4 is 34.1 Å². The van der Waals surface area contributed by atoms with Crippen molar-refractivity contribution in [3.8, 4) is 34.5 Å². The Kier molecular flexibility index (Phi) is 16.4. The van der Waals surface area contributed by atoms with Crippen molar-refractivity contribution in [2.24, 2.45) is 0 Å². The molecule has 0 N–H and O–H groups in total. The van der Waals surface area contributed by atoms with Gasteiger partial charge < -0.3 is 33.5 Å². The summed E-state index contributed by atoms with van der Waals surface area (Å²) in [4.78, 5) is 4.46. The Morgan fingerprint density at radius 2 is 0.458 bits per heavy atom. The molecule has 0 aromatic heterocycles. The minimum absolute atomic E-state index is 0.716. The number of nitrogens with zero attached hydrogens (tertiary/aromatic N) is 2. The number of rotatable bonds is 24. The normalized spacial score (nSPS) is 10.8. The van der Waals surface area contributed by atoms with Crippen LogP contribution in [0.3, 0.4) is 0 Å². The molecular formula is C52H60N2O5. The molecule has 0 unspecified atom stereocenters. The van der Waals surface area contributed by atoms with Crippen LogP contribution in [0, 0.1) is 0 Å². The first-order valence-electron chi connectivity index (χ1n) is 21.5. The van der Waals surface area contributed by atoms with Crippen LogP contribution < -0.4 is 33.5 Å². The third-order valence-electron chi connectivity index (χ3n) is 9.87. The maximum atomic E-state index is 6.42. The lowest BCUT2D eigenvalue weighted by Gasteiger charge is -2.26. The van der Waals surface area contributed by atoms with Gasteiger partial charge in [0.05, 0.1) is 26.4 Å². The standard InChI is InChI=1S/C52H60N2O5/c1-5-9-37-55-47-25-13-41(14-26-47)53(42-15-27-48(28-16-42)56-38-10-6-2)45-21-33-51(34-22-45)59-52-35-23-46(24-36-52)54(43-17-29-49(30-18-43)57-39-11-7-3)44-19-31-50(32-20-44)58-40-12-8-4/h13-36H,5-12,37-40H2,1-4H3. The highest BCUT2D eigenvalue weighted by atomic mass is 16.5. The Labute approximate surface area is 352 Å². The van der Waals surface area contributed by atoms with Crippen molar-refractivity contribution in [2.45, 2.75) is 79.1 Å². The number of anilines is 6. The van der Waals surface area contributed by atoms with Gasteiger partial charge in [-0.3, -0.25) is 0 Å². The van der Waals surface area contributed by atoms with Gasteiger partial charge in [0.2, 0.25) is 0 Å². The molecule has 59 heavy (non-hydrogen) atoms. The number of unbranched alkanes of at least 4 members (excludes halogenated alkanes) is 4. The summed E-state index contributed by atoms with van der Waals surface area (Å²) in [6, 6.07) is 49.6. The molecule has 0 saturated heterocycles. The maximum absolute atomic E-state index is 6.42. The number of hydrogen-bond acceptors (Lipinski definition) is 7. The van der Waals surface area contributed by atoms with Crippen LogP contribution in [0.5, 0.6) is 34.5 Å². The van der Waals surface area contributed by atoms with Crippen molar-refractivity contribution in [3.63, 3.8) is 0 Å². The summed E-state index contributed by atoms with van der Waals surface area (Å²) < 4.78 is 30.3. The zero-order chi connectivity index (χ0) is 41.1. The van der Waals surface area contributed by atoms with Crippen LogP contribution in [0.4, 0.5) is 34.1 Å². The molecule has 0 saturated carbocycles. The van der Waals surface area contributed by atoms with Gasteiger partial charge >= 0.3 is 0 Å². The second-order valence-corrected chi connectivity index (χ2v) is 14.5. The van der Waals surface area contributed by atoms with E-state index in [1.165, 1.54) is 0 Å². The van der Waals surface area contributed by atoms with E-state index in [1.807, 2.05) is 72.8 Å². The second kappa shape index (κ2) is 22.8. The van der Waals surface area contributed by atoms with Crippen LogP contribution in [0.2, 0.25) is 0 Å². The fraction of sp³-hybridized carbons (Fsp3) is 0.308. The Hall–Kier alpha value is -6.08. The smallest absolute Gasteiger partial charge is 0.127 e. The van der Waals surface area contributed by atoms with Gasteiger partial charge in [-0.25, -0.2) is 0 Å². The highest BCUT2D eigenvalue weighted by molar-refractivity contribution is 5.78. The van der Waals surface area contributed by atoms with E-state index in [1.54, 1.807) is 0 Å². The molecule has 0 radical (unpaired) electrons. The molecule has 0 fully saturated rings. The molecule has 0 bridgehead atoms. The highest BCUT2D eigenvalue weighted by Crippen LogP contribution is 2.39. The first kappa shape index (κ1) is 42.5. The van der Waals surface area contributed by atoms with Crippen molar-refractivity contribution in [1.29, 1.82) is 0 Å². The highest BCUT2D eigenvalue weighted by Gasteiger charge is 2.16. The van der Waals surface area contributed by atoms with Crippen LogP contribution in [-0.2, 0) is 0 Å². The monoisotopic (exact) mass is 792 g/mol. The van der Waals surface area contributed by atoms with Crippen LogP contribution >= 0.6 is 0 Å². The fourth-order valence-corrected chi connectivity index (χ4v) is 6.46. The third-order valence-corrected chi connectivity index (χ3v) is 9.87. The van der Waals surface area contributed by atoms with E-state index in [9.17, 15) is 0 Å². The maximum Gasteiger partial charge on any atom is 0.127 e. The average Bonchev–Trinajstić information content (AvgIpc) is 3.27. The molecule has 7 heteroatoms. The van der Waals surface area contributed by atoms with Gasteiger partial charge in [0.25, 0.3) is 0 Å². The lowest BCUT2D eigenvalue weighted by molar-refractivity contribution is 0.309. The Bertz CT molecular complexity index is 1810. The van der Waals surface area contributed by atoms with Gasteiger partial charge in [-0.15, -0.1) is 0 Å². The van der Waals surface area contributed by atoms with Crippen molar-refractivity contribution < 1.29 is 23.7 Å². The molecule has 0 aliphatic heterocycles. The molecule has 0 spiro atoms. The van der Waals surface area contributed by atoms with Crippen LogP contribution in [0.25, 0.3) is 0 Å². The molecule has 6 aromatic carbocycles. The molecule has 0 amide bonds. The topological polar surface area (TPSA) is 52.6 Å². The van der Waals surface area contributed by atoms with Crippen LogP contribution in [-0.4, -0.2) is 26.4 Å². The van der Waals surface area contributed by atoms with Crippen molar-refractivity contribution in [2.75, 3.05) is 36.2 Å². The van der Waals surface area contributed by atoms with Crippen LogP contribution in [0.15, 0.2) is 146 Å². The van der Waals surface area contributed by atoms with E-state index in [2.05, 4.69) is 110 Å². The van der Waals surface area contributed by atoms with Gasteiger partial charge in [0, 0.05) is 34.1 Å². The second-order valence-electron chi connectivity index (χ2n) is 14.5. The summed E-state index contributed by atoms with van der Waals surface area (Å²) >= 11 is 0. The first-order chi connectivity index (χ1) is 29.1. The molecule has 7 nitrogen and oxygen atoms in total. The summed E-state index contributed by atoms with van der Waals surface area (Å²) in [5.74, 6) is 4.97. The summed E-state index contributed by atoms with van der Waals surface area (Å²) in [5, 5.41) is 0. The Balaban J connectivity index is 1.20. The molecule has 0 atom stereocenters. The number of benzene rings is 6. The molecule has 0 aliphatic rings. The van der Waals surface area contributed by atoms with Gasteiger partial charge in [0.15, 0.2) is 0 Å². The SMILES string of the molecule is CCCCOc1ccc(N(c2ccc(OCCCC)cc2)c2ccc(Oc3ccc(N(c4ccc(OCCCC)cc4)c4ccc(OCCCC)cc4)cc3)cc2)cc1. The van der Waals surface area contributed by atoms with E-state index >= 15 is 0 Å². The van der Waals surface area contributed by atoms with Gasteiger partial charge in [-0.05, 0) is 171 Å². The molecule has 308 valence electrons. The zero-order valence-corrected chi connectivity index (χ0v) is 35.3. The van der Waals surface area contributed by atoms with E-state index in [4.69, 9.17) is 23.7 Å². The lowest BCUT2D eigenvalue weighted by Crippen LogP contribution is -2.10. The molecule has 6 aromatic rings. The van der Waals surface area contributed by atoms with Gasteiger partial charge in [-0.2, -0.15) is 0 Å². The molecular weight excluding hydrogens is 733 g/mol. The zero-order valence-electron chi connectivity index (χ0n) is 35.3. The van der Waals surface area contributed by atoms with Crippen molar-refractivity contribution in [3.05, 3.63) is 146 Å². The first-order valence-corrected chi connectivity index (χ1v) is 21.5. The number of ether oxygens (including phenoxy) is 5. The summed E-state index contributed by atoms with van der Waals surface area (Å²) in [6.45, 7) is 11.5. The van der Waals surface area contributed by atoms with Crippen molar-refractivity contribution in [1.82, 2.24) is 0 Å². The minimum atomic E-state index is 0.716. The largest absolute Gasteiger partial charge is 0.494 e. The molecule has 0 aliphatic carbocycles. The molecule has 0 heterocycles. The predicted molar refractivity (Wildman–Crippen MR) is 244 cm³/mol. The summed E-state index contributed by atoms with van der Waals surface area (Å²) in [7, 11) is 0. The Morgan fingerprint density at radius 1 is 0.271 bits per heavy atom.